The lowest BCUT2D eigenvalue weighted by Crippen LogP contribution is -2.27. The first kappa shape index (κ1) is 50.0. The van der Waals surface area contributed by atoms with Crippen LogP contribution in [0.1, 0.15) is 161 Å². The minimum absolute atomic E-state index is 0.00197. The van der Waals surface area contributed by atoms with Crippen molar-refractivity contribution in [1.82, 2.24) is 0 Å². The van der Waals surface area contributed by atoms with Crippen LogP contribution in [0.25, 0.3) is 0 Å². The third kappa shape index (κ3) is 39.2. The molecule has 4 N–H and O–H groups in total. The summed E-state index contributed by atoms with van der Waals surface area (Å²) >= 11 is 0. The van der Waals surface area contributed by atoms with E-state index in [1.807, 2.05) is 6.08 Å². The molecule has 0 radical (unpaired) electrons. The molecule has 9 nitrogen and oxygen atoms in total. The molecule has 0 rings (SSSR count). The van der Waals surface area contributed by atoms with Crippen LogP contribution in [0.2, 0.25) is 0 Å². The summed E-state index contributed by atoms with van der Waals surface area (Å²) in [6.07, 6.45) is 46.3. The fourth-order valence-corrected chi connectivity index (χ4v) is 6.05. The number of aliphatic hydroxyl groups is 1. The molecule has 52 heavy (non-hydrogen) atoms. The van der Waals surface area contributed by atoms with Gasteiger partial charge in [-0.25, -0.2) is 4.57 Å². The Morgan fingerprint density at radius 2 is 1.12 bits per heavy atom. The predicted molar refractivity (Wildman–Crippen MR) is 216 cm³/mol. The summed E-state index contributed by atoms with van der Waals surface area (Å²) in [5, 5.41) is 8.78. The Bertz CT molecular complexity index is 981. The molecule has 2 unspecified atom stereocenters. The third-order valence-electron chi connectivity index (χ3n) is 8.31. The van der Waals surface area contributed by atoms with Crippen molar-refractivity contribution in [2.75, 3.05) is 33.0 Å². The SMILES string of the molecule is CCCCCCCCCCCCCCC/C=C\OCC(COP(=O)(O)OCCN)OC(=O)CCC/C=C\C/C=C\C/C=C\C/C=C\CCCCCO. The molecule has 0 aromatic heterocycles. The highest BCUT2D eigenvalue weighted by atomic mass is 31.2. The normalized spacial score (nSPS) is 14.1. The average molecular weight is 754 g/mol. The summed E-state index contributed by atoms with van der Waals surface area (Å²) in [5.41, 5.74) is 5.35. The number of hydrogen-bond acceptors (Lipinski definition) is 8. The third-order valence-corrected chi connectivity index (χ3v) is 9.29. The number of unbranched alkanes of at least 4 members (excludes halogenated alkanes) is 17. The Balaban J connectivity index is 4.22. The second kappa shape index (κ2) is 40.2. The number of carbonyl (C=O) groups excluding carboxylic acids is 1. The molecule has 0 aliphatic carbocycles. The topological polar surface area (TPSA) is 138 Å². The molecule has 0 saturated carbocycles. The highest BCUT2D eigenvalue weighted by Crippen LogP contribution is 2.43. The summed E-state index contributed by atoms with van der Waals surface area (Å²) in [5.74, 6) is -0.416. The van der Waals surface area contributed by atoms with Crippen molar-refractivity contribution in [3.63, 3.8) is 0 Å². The van der Waals surface area contributed by atoms with Gasteiger partial charge in [-0.3, -0.25) is 13.8 Å². The predicted octanol–water partition coefficient (Wildman–Crippen LogP) is 11.1. The molecule has 0 saturated heterocycles. The van der Waals surface area contributed by atoms with E-state index in [1.165, 1.54) is 77.0 Å². The number of phosphoric ester groups is 1. The Morgan fingerprint density at radius 1 is 0.635 bits per heavy atom. The van der Waals surface area contributed by atoms with Gasteiger partial charge < -0.3 is 25.2 Å². The van der Waals surface area contributed by atoms with E-state index >= 15 is 0 Å². The summed E-state index contributed by atoms with van der Waals surface area (Å²) in [4.78, 5) is 22.4. The molecule has 0 heterocycles. The first-order chi connectivity index (χ1) is 25.4. The number of allylic oxidation sites excluding steroid dienone is 9. The van der Waals surface area contributed by atoms with Crippen LogP contribution in [-0.2, 0) is 27.9 Å². The second-order valence-corrected chi connectivity index (χ2v) is 14.7. The van der Waals surface area contributed by atoms with Gasteiger partial charge in [-0.05, 0) is 70.3 Å². The molecule has 0 aromatic carbocycles. The molecule has 0 spiro atoms. The lowest BCUT2D eigenvalue weighted by atomic mass is 10.0. The smallest absolute Gasteiger partial charge is 0.472 e. The van der Waals surface area contributed by atoms with E-state index in [2.05, 4.69) is 55.5 Å². The lowest BCUT2D eigenvalue weighted by Gasteiger charge is -2.19. The van der Waals surface area contributed by atoms with E-state index in [9.17, 15) is 14.3 Å². The van der Waals surface area contributed by atoms with Gasteiger partial charge in [-0.15, -0.1) is 0 Å². The monoisotopic (exact) mass is 754 g/mol. The molecule has 0 aromatic rings. The van der Waals surface area contributed by atoms with Gasteiger partial charge in [0, 0.05) is 19.6 Å². The lowest BCUT2D eigenvalue weighted by molar-refractivity contribution is -0.153. The number of carbonyl (C=O) groups is 1. The van der Waals surface area contributed by atoms with Gasteiger partial charge in [0.15, 0.2) is 6.10 Å². The first-order valence-corrected chi connectivity index (χ1v) is 21.9. The number of ether oxygens (including phenoxy) is 2. The molecule has 0 aliphatic rings. The summed E-state index contributed by atoms with van der Waals surface area (Å²) in [7, 11) is -4.31. The maximum Gasteiger partial charge on any atom is 0.472 e. The molecule has 0 amide bonds. The van der Waals surface area contributed by atoms with Gasteiger partial charge in [0.1, 0.15) is 6.61 Å². The number of hydrogen-bond donors (Lipinski definition) is 3. The zero-order chi connectivity index (χ0) is 38.1. The zero-order valence-electron chi connectivity index (χ0n) is 32.7. The molecule has 0 aliphatic heterocycles. The fraction of sp³-hybridized carbons (Fsp3) is 0.738. The average Bonchev–Trinajstić information content (AvgIpc) is 3.13. The molecule has 0 bridgehead atoms. The number of phosphoric acid groups is 1. The largest absolute Gasteiger partial charge is 0.498 e. The fourth-order valence-electron chi connectivity index (χ4n) is 5.29. The van der Waals surface area contributed by atoms with Crippen LogP contribution >= 0.6 is 7.82 Å². The van der Waals surface area contributed by atoms with Crippen LogP contribution in [0.5, 0.6) is 0 Å². The van der Waals surface area contributed by atoms with E-state index in [0.29, 0.717) is 6.42 Å². The van der Waals surface area contributed by atoms with Crippen LogP contribution in [0.3, 0.4) is 0 Å². The van der Waals surface area contributed by atoms with Crippen molar-refractivity contribution in [3.05, 3.63) is 60.9 Å². The van der Waals surface area contributed by atoms with Gasteiger partial charge in [0.05, 0.1) is 19.5 Å². The Hall–Kier alpha value is -2.00. The van der Waals surface area contributed by atoms with Gasteiger partial charge in [0.25, 0.3) is 0 Å². The first-order valence-electron chi connectivity index (χ1n) is 20.4. The van der Waals surface area contributed by atoms with E-state index < -0.39 is 19.9 Å². The van der Waals surface area contributed by atoms with Gasteiger partial charge >= 0.3 is 13.8 Å². The quantitative estimate of drug-likeness (QED) is 0.0184. The molecule has 0 fully saturated rings. The Kier molecular flexibility index (Phi) is 38.6. The van der Waals surface area contributed by atoms with Crippen molar-refractivity contribution < 1.29 is 37.9 Å². The number of esters is 1. The van der Waals surface area contributed by atoms with Crippen molar-refractivity contribution in [3.8, 4) is 0 Å². The van der Waals surface area contributed by atoms with Crippen molar-refractivity contribution >= 4 is 13.8 Å². The van der Waals surface area contributed by atoms with E-state index in [4.69, 9.17) is 29.4 Å². The summed E-state index contributed by atoms with van der Waals surface area (Å²) in [6.45, 7) is 2.17. The van der Waals surface area contributed by atoms with E-state index in [-0.39, 0.29) is 39.4 Å². The van der Waals surface area contributed by atoms with Crippen LogP contribution < -0.4 is 5.73 Å². The van der Waals surface area contributed by atoms with Gasteiger partial charge in [-0.1, -0.05) is 139 Å². The zero-order valence-corrected chi connectivity index (χ0v) is 33.6. The molecule has 302 valence electrons. The van der Waals surface area contributed by atoms with Crippen molar-refractivity contribution in [2.24, 2.45) is 5.73 Å². The maximum absolute atomic E-state index is 12.5. The van der Waals surface area contributed by atoms with Crippen LogP contribution in [-0.4, -0.2) is 55.0 Å². The van der Waals surface area contributed by atoms with E-state index in [1.54, 1.807) is 6.26 Å². The molecule has 10 heteroatoms. The Labute approximate surface area is 317 Å². The van der Waals surface area contributed by atoms with Crippen LogP contribution in [0.4, 0.5) is 0 Å². The maximum atomic E-state index is 12.5. The van der Waals surface area contributed by atoms with Crippen molar-refractivity contribution in [2.45, 2.75) is 167 Å². The van der Waals surface area contributed by atoms with Gasteiger partial charge in [0.2, 0.25) is 0 Å². The standard InChI is InChI=1S/C42H76NO8P/c1-2-3-4-5-6-7-8-9-15-18-21-24-27-30-33-37-48-39-41(40-50-52(46,47)49-38-35-43)51-42(45)34-31-28-25-22-19-16-13-11-10-12-14-17-20-23-26-29-32-36-44/h10,12-13,16-17,20,22,25,33,37,41,44H,2-9,11,14-15,18-19,21,23-24,26-32,34-36,38-40,43H2,1H3,(H,46,47)/b12-10-,16-13-,20-17-,25-22-,37-33-. The summed E-state index contributed by atoms with van der Waals surface area (Å²) in [6, 6.07) is 0. The summed E-state index contributed by atoms with van der Waals surface area (Å²) < 4.78 is 33.0. The highest BCUT2D eigenvalue weighted by Gasteiger charge is 2.25. The van der Waals surface area contributed by atoms with Crippen LogP contribution in [0.15, 0.2) is 60.9 Å². The molecular weight excluding hydrogens is 677 g/mol. The minimum atomic E-state index is -4.31. The Morgan fingerprint density at radius 3 is 1.65 bits per heavy atom. The second-order valence-electron chi connectivity index (χ2n) is 13.3. The molecular formula is C42H76NO8P. The van der Waals surface area contributed by atoms with E-state index in [0.717, 1.165) is 64.2 Å². The minimum Gasteiger partial charge on any atom is -0.498 e. The number of rotatable bonds is 39. The van der Waals surface area contributed by atoms with Crippen molar-refractivity contribution in [1.29, 1.82) is 0 Å². The molecule has 2 atom stereocenters. The number of nitrogens with two attached hydrogens (primary N) is 1. The van der Waals surface area contributed by atoms with Gasteiger partial charge in [-0.2, -0.15) is 0 Å². The highest BCUT2D eigenvalue weighted by molar-refractivity contribution is 7.47. The number of aliphatic hydroxyl groups excluding tert-OH is 1. The van der Waals surface area contributed by atoms with Crippen LogP contribution in [0, 0.1) is 0 Å².